The Morgan fingerprint density at radius 3 is 2.43 bits per heavy atom. The second kappa shape index (κ2) is 3.17. The predicted molar refractivity (Wildman–Crippen MR) is 48.9 cm³/mol. The third-order valence-electron chi connectivity index (χ3n) is 2.04. The molecule has 5 heteroatoms. The van der Waals surface area contributed by atoms with E-state index in [2.05, 4.69) is 15.1 Å². The van der Waals surface area contributed by atoms with Gasteiger partial charge in [-0.1, -0.05) is 0 Å². The summed E-state index contributed by atoms with van der Waals surface area (Å²) in [6.45, 7) is 1.66. The molecule has 72 valence electrons. The predicted octanol–water partition coefficient (Wildman–Crippen LogP) is 1.32. The second-order valence-corrected chi connectivity index (χ2v) is 2.94. The van der Waals surface area contributed by atoms with Crippen LogP contribution < -0.4 is 0 Å². The van der Waals surface area contributed by atoms with Gasteiger partial charge < -0.3 is 0 Å². The largest absolute Gasteiger partial charge is 0.269 e. The van der Waals surface area contributed by atoms with Crippen molar-refractivity contribution >= 4 is 0 Å². The lowest BCUT2D eigenvalue weighted by molar-refractivity contribution is 0.612. The monoisotopic (exact) mass is 192 g/mol. The van der Waals surface area contributed by atoms with E-state index >= 15 is 0 Å². The third-order valence-corrected chi connectivity index (χ3v) is 2.04. The van der Waals surface area contributed by atoms with Crippen molar-refractivity contribution in [1.29, 1.82) is 0 Å². The van der Waals surface area contributed by atoms with Gasteiger partial charge in [-0.25, -0.2) is 14.4 Å². The molecule has 0 radical (unpaired) electrons. The van der Waals surface area contributed by atoms with Crippen molar-refractivity contribution in [2.24, 2.45) is 7.05 Å². The molecular weight excluding hydrogens is 183 g/mol. The van der Waals surface area contributed by atoms with Crippen LogP contribution in [0.3, 0.4) is 0 Å². The summed E-state index contributed by atoms with van der Waals surface area (Å²) in [5.74, 6) is -0.0487. The molecule has 0 aliphatic rings. The second-order valence-electron chi connectivity index (χ2n) is 2.94. The van der Waals surface area contributed by atoms with Gasteiger partial charge in [-0.3, -0.25) is 4.68 Å². The molecule has 0 unspecified atom stereocenters. The molecule has 0 amide bonds. The van der Waals surface area contributed by atoms with Gasteiger partial charge in [0.2, 0.25) is 0 Å². The molecule has 4 nitrogen and oxygen atoms in total. The molecule has 2 rings (SSSR count). The summed E-state index contributed by atoms with van der Waals surface area (Å²) in [5, 5.41) is 4.00. The molecule has 0 aliphatic carbocycles. The van der Waals surface area contributed by atoms with Crippen molar-refractivity contribution in [3.63, 3.8) is 0 Å². The fourth-order valence-electron chi connectivity index (χ4n) is 1.15. The summed E-state index contributed by atoms with van der Waals surface area (Å²) >= 11 is 0. The maximum Gasteiger partial charge on any atom is 0.183 e. The molecule has 2 aromatic rings. The Labute approximate surface area is 80.4 Å². The first kappa shape index (κ1) is 8.80. The Kier molecular flexibility index (Phi) is 1.99. The van der Waals surface area contributed by atoms with Gasteiger partial charge in [-0.05, 0) is 13.0 Å². The van der Waals surface area contributed by atoms with Crippen LogP contribution in [0.2, 0.25) is 0 Å². The highest BCUT2D eigenvalue weighted by Crippen LogP contribution is 2.18. The third kappa shape index (κ3) is 1.26. The van der Waals surface area contributed by atoms with Gasteiger partial charge in [0.15, 0.2) is 17.3 Å². The molecule has 0 spiro atoms. The lowest BCUT2D eigenvalue weighted by Crippen LogP contribution is -1.93. The van der Waals surface area contributed by atoms with Crippen molar-refractivity contribution in [2.45, 2.75) is 6.92 Å². The topological polar surface area (TPSA) is 43.6 Å². The zero-order chi connectivity index (χ0) is 10.1. The highest BCUT2D eigenvalue weighted by Gasteiger charge is 2.15. The van der Waals surface area contributed by atoms with Gasteiger partial charge in [0.25, 0.3) is 0 Å². The first-order valence-electron chi connectivity index (χ1n) is 4.16. The average Bonchev–Trinajstić information content (AvgIpc) is 2.47. The van der Waals surface area contributed by atoms with Crippen LogP contribution in [0, 0.1) is 12.7 Å². The highest BCUT2D eigenvalue weighted by molar-refractivity contribution is 5.50. The van der Waals surface area contributed by atoms with Gasteiger partial charge in [-0.15, -0.1) is 0 Å². The number of hydrogen-bond acceptors (Lipinski definition) is 3. The van der Waals surface area contributed by atoms with E-state index in [4.69, 9.17) is 0 Å². The van der Waals surface area contributed by atoms with Crippen LogP contribution in [-0.4, -0.2) is 19.7 Å². The maximum absolute atomic E-state index is 13.5. The van der Waals surface area contributed by atoms with Crippen LogP contribution in [-0.2, 0) is 7.05 Å². The first-order valence-corrected chi connectivity index (χ1v) is 4.16. The molecule has 2 aromatic heterocycles. The molecule has 0 N–H and O–H groups in total. The number of hydrogen-bond donors (Lipinski definition) is 0. The highest BCUT2D eigenvalue weighted by atomic mass is 19.1. The van der Waals surface area contributed by atoms with Gasteiger partial charge in [0, 0.05) is 19.4 Å². The van der Waals surface area contributed by atoms with E-state index in [-0.39, 0.29) is 11.5 Å². The Bertz CT molecular complexity index is 449. The summed E-state index contributed by atoms with van der Waals surface area (Å²) in [5.41, 5.74) is 0.679. The number of aryl methyl sites for hydroxylation is 1. The maximum atomic E-state index is 13.5. The molecule has 0 saturated carbocycles. The molecule has 0 fully saturated rings. The Morgan fingerprint density at radius 2 is 1.93 bits per heavy atom. The molecule has 0 bridgehead atoms. The average molecular weight is 192 g/mol. The van der Waals surface area contributed by atoms with Gasteiger partial charge >= 0.3 is 0 Å². The fraction of sp³-hybridized carbons (Fsp3) is 0.222. The van der Waals surface area contributed by atoms with E-state index in [0.717, 1.165) is 0 Å². The summed E-state index contributed by atoms with van der Waals surface area (Å²) in [7, 11) is 1.69. The van der Waals surface area contributed by atoms with Crippen molar-refractivity contribution in [1.82, 2.24) is 19.7 Å². The molecule has 0 aliphatic heterocycles. The minimum absolute atomic E-state index is 0.200. The zero-order valence-corrected chi connectivity index (χ0v) is 7.90. The minimum atomic E-state index is -0.362. The first-order chi connectivity index (χ1) is 6.70. The molecule has 0 saturated heterocycles. The van der Waals surface area contributed by atoms with Crippen molar-refractivity contribution in [3.8, 4) is 11.5 Å². The van der Waals surface area contributed by atoms with E-state index in [9.17, 15) is 4.39 Å². The molecule has 0 aromatic carbocycles. The van der Waals surface area contributed by atoms with Crippen LogP contribution in [0.25, 0.3) is 11.5 Å². The van der Waals surface area contributed by atoms with Crippen molar-refractivity contribution in [3.05, 3.63) is 30.0 Å². The Hall–Kier alpha value is -1.78. The summed E-state index contributed by atoms with van der Waals surface area (Å²) in [4.78, 5) is 7.87. The Morgan fingerprint density at radius 1 is 1.29 bits per heavy atom. The van der Waals surface area contributed by atoms with E-state index in [0.29, 0.717) is 11.5 Å². The summed E-state index contributed by atoms with van der Waals surface area (Å²) in [6.07, 6.45) is 3.12. The SMILES string of the molecule is Cc1c(F)c(-c2ncccn2)nn1C. The molecular formula is C9H9FN4. The van der Waals surface area contributed by atoms with Crippen LogP contribution in [0.5, 0.6) is 0 Å². The quantitative estimate of drug-likeness (QED) is 0.684. The van der Waals surface area contributed by atoms with E-state index in [1.54, 1.807) is 32.4 Å². The normalized spacial score (nSPS) is 10.5. The van der Waals surface area contributed by atoms with E-state index in [1.807, 2.05) is 0 Å². The summed E-state index contributed by atoms with van der Waals surface area (Å²) in [6, 6.07) is 1.68. The molecule has 2 heterocycles. The lowest BCUT2D eigenvalue weighted by Gasteiger charge is -1.92. The number of aromatic nitrogens is 4. The molecule has 0 atom stereocenters. The standard InChI is InChI=1S/C9H9FN4/c1-6-7(10)8(13-14(6)2)9-11-4-3-5-12-9/h3-5H,1-2H3. The van der Waals surface area contributed by atoms with Crippen molar-refractivity contribution < 1.29 is 4.39 Å². The fourth-order valence-corrected chi connectivity index (χ4v) is 1.15. The van der Waals surface area contributed by atoms with Gasteiger partial charge in [0.1, 0.15) is 0 Å². The lowest BCUT2D eigenvalue weighted by atomic mass is 10.3. The van der Waals surface area contributed by atoms with Gasteiger partial charge in [-0.2, -0.15) is 5.10 Å². The van der Waals surface area contributed by atoms with Crippen LogP contribution >= 0.6 is 0 Å². The van der Waals surface area contributed by atoms with Crippen LogP contribution in [0.4, 0.5) is 4.39 Å². The van der Waals surface area contributed by atoms with Crippen LogP contribution in [0.1, 0.15) is 5.69 Å². The minimum Gasteiger partial charge on any atom is -0.269 e. The smallest absolute Gasteiger partial charge is 0.183 e. The molecule has 14 heavy (non-hydrogen) atoms. The van der Waals surface area contributed by atoms with Gasteiger partial charge in [0.05, 0.1) is 5.69 Å². The van der Waals surface area contributed by atoms with Crippen LogP contribution in [0.15, 0.2) is 18.5 Å². The van der Waals surface area contributed by atoms with E-state index < -0.39 is 0 Å². The number of halogens is 1. The summed E-state index contributed by atoms with van der Waals surface area (Å²) < 4.78 is 15.0. The number of nitrogens with zero attached hydrogens (tertiary/aromatic N) is 4. The van der Waals surface area contributed by atoms with E-state index in [1.165, 1.54) is 4.68 Å². The zero-order valence-electron chi connectivity index (χ0n) is 7.90. The number of rotatable bonds is 1. The van der Waals surface area contributed by atoms with Crippen molar-refractivity contribution in [2.75, 3.05) is 0 Å². The Balaban J connectivity index is 2.58.